The lowest BCUT2D eigenvalue weighted by atomic mass is 10.1. The number of nitrogens with two attached hydrogens (primary N) is 1. The number of rotatable bonds is 44. The molecule has 0 aromatic carbocycles. The van der Waals surface area contributed by atoms with Crippen LogP contribution in [0.1, 0.15) is 206 Å². The van der Waals surface area contributed by atoms with Gasteiger partial charge in [-0.05, 0) is 70.6 Å². The first kappa shape index (κ1) is 57.4. The normalized spacial score (nSPS) is 14.1. The maximum atomic E-state index is 12.7. The minimum atomic E-state index is -4.73. The summed E-state index contributed by atoms with van der Waals surface area (Å²) in [5, 5.41) is 8.90. The molecule has 12 heteroatoms. The van der Waals surface area contributed by atoms with Crippen molar-refractivity contribution in [1.29, 1.82) is 0 Å². The molecule has 0 radical (unpaired) electrons. The quantitative estimate of drug-likeness (QED) is 0.0230. The van der Waals surface area contributed by atoms with Crippen molar-refractivity contribution in [2.45, 2.75) is 219 Å². The molecular weight excluding hydrogens is 781 g/mol. The maximum Gasteiger partial charge on any atom is 0.472 e. The first-order valence-electron chi connectivity index (χ1n) is 23.7. The lowest BCUT2D eigenvalue weighted by Crippen LogP contribution is -2.34. The molecule has 0 spiro atoms. The zero-order valence-electron chi connectivity index (χ0n) is 37.8. The Morgan fingerprint density at radius 1 is 0.517 bits per heavy atom. The van der Waals surface area contributed by atoms with Gasteiger partial charge in [-0.2, -0.15) is 0 Å². The first-order valence-corrected chi connectivity index (χ1v) is 25.2. The van der Waals surface area contributed by atoms with Crippen molar-refractivity contribution in [2.24, 2.45) is 5.73 Å². The number of carbonyl (C=O) groups excluding carboxylic acids is 2. The van der Waals surface area contributed by atoms with Crippen LogP contribution in [0.15, 0.2) is 48.6 Å². The van der Waals surface area contributed by atoms with Crippen molar-refractivity contribution in [3.05, 3.63) is 48.6 Å². The number of hydrogen-bond donors (Lipinski definition) is 3. The van der Waals surface area contributed by atoms with Crippen LogP contribution in [0.25, 0.3) is 0 Å². The minimum Gasteiger partial charge on any atom is -0.480 e. The second-order valence-electron chi connectivity index (χ2n) is 15.9. The number of carboxylic acid groups (broad SMARTS) is 1. The van der Waals surface area contributed by atoms with Crippen molar-refractivity contribution in [2.75, 3.05) is 19.8 Å². The van der Waals surface area contributed by atoms with Gasteiger partial charge in [-0.1, -0.05) is 172 Å². The van der Waals surface area contributed by atoms with E-state index in [1.54, 1.807) is 0 Å². The summed E-state index contributed by atoms with van der Waals surface area (Å²) in [6.45, 7) is 2.75. The monoisotopic (exact) mass is 868 g/mol. The van der Waals surface area contributed by atoms with E-state index >= 15 is 0 Å². The molecule has 0 aromatic heterocycles. The summed E-state index contributed by atoms with van der Waals surface area (Å²) in [6, 6.07) is -1.53. The summed E-state index contributed by atoms with van der Waals surface area (Å²) in [4.78, 5) is 46.0. The Hall–Kier alpha value is -2.56. The van der Waals surface area contributed by atoms with Crippen molar-refractivity contribution in [3.8, 4) is 0 Å². The predicted octanol–water partition coefficient (Wildman–Crippen LogP) is 13.0. The zero-order valence-corrected chi connectivity index (χ0v) is 38.7. The summed E-state index contributed by atoms with van der Waals surface area (Å²) >= 11 is 0. The average Bonchev–Trinajstić information content (AvgIpc) is 3.22. The summed E-state index contributed by atoms with van der Waals surface area (Å²) in [6.07, 6.45) is 48.9. The van der Waals surface area contributed by atoms with Gasteiger partial charge in [0.1, 0.15) is 12.6 Å². The van der Waals surface area contributed by atoms with Crippen LogP contribution in [-0.2, 0) is 37.5 Å². The zero-order chi connectivity index (χ0) is 44.2. The fourth-order valence-electron chi connectivity index (χ4n) is 6.31. The molecule has 0 aliphatic heterocycles. The van der Waals surface area contributed by atoms with E-state index in [4.69, 9.17) is 24.8 Å². The van der Waals surface area contributed by atoms with Gasteiger partial charge in [-0.3, -0.25) is 23.4 Å². The second kappa shape index (κ2) is 43.1. The number of hydrogen-bond acceptors (Lipinski definition) is 9. The van der Waals surface area contributed by atoms with Gasteiger partial charge in [0.15, 0.2) is 6.10 Å². The van der Waals surface area contributed by atoms with E-state index in [-0.39, 0.29) is 19.4 Å². The van der Waals surface area contributed by atoms with Gasteiger partial charge in [0.25, 0.3) is 0 Å². The molecule has 4 N–H and O–H groups in total. The highest BCUT2D eigenvalue weighted by Crippen LogP contribution is 2.43. The summed E-state index contributed by atoms with van der Waals surface area (Å²) in [5.74, 6) is -2.44. The van der Waals surface area contributed by atoms with Crippen molar-refractivity contribution in [3.63, 3.8) is 0 Å². The predicted molar refractivity (Wildman–Crippen MR) is 245 cm³/mol. The van der Waals surface area contributed by atoms with Crippen LogP contribution in [0.4, 0.5) is 0 Å². The van der Waals surface area contributed by atoms with Gasteiger partial charge in [0.05, 0.1) is 13.2 Å². The van der Waals surface area contributed by atoms with Crippen LogP contribution in [0.2, 0.25) is 0 Å². The minimum absolute atomic E-state index is 0.147. The molecule has 0 aliphatic rings. The summed E-state index contributed by atoms with van der Waals surface area (Å²) in [7, 11) is -4.73. The molecule has 0 rings (SSSR count). The van der Waals surface area contributed by atoms with Gasteiger partial charge >= 0.3 is 25.7 Å². The van der Waals surface area contributed by atoms with E-state index in [0.717, 1.165) is 44.9 Å². The Bertz CT molecular complexity index is 1200. The second-order valence-corrected chi connectivity index (χ2v) is 17.3. The third-order valence-corrected chi connectivity index (χ3v) is 11.0. The van der Waals surface area contributed by atoms with Gasteiger partial charge in [-0.15, -0.1) is 0 Å². The van der Waals surface area contributed by atoms with Crippen LogP contribution in [0.5, 0.6) is 0 Å². The molecule has 3 atom stereocenters. The molecular formula is C48H86NO10P. The molecule has 0 heterocycles. The number of allylic oxidation sites excluding steroid dienone is 8. The molecule has 11 nitrogen and oxygen atoms in total. The van der Waals surface area contributed by atoms with Crippen LogP contribution >= 0.6 is 7.82 Å². The molecule has 0 amide bonds. The van der Waals surface area contributed by atoms with Crippen LogP contribution in [-0.4, -0.2) is 59.9 Å². The molecule has 60 heavy (non-hydrogen) atoms. The van der Waals surface area contributed by atoms with E-state index in [1.165, 1.54) is 116 Å². The molecule has 0 fully saturated rings. The van der Waals surface area contributed by atoms with Gasteiger partial charge < -0.3 is 25.2 Å². The highest BCUT2D eigenvalue weighted by atomic mass is 31.2. The van der Waals surface area contributed by atoms with E-state index < -0.39 is 51.1 Å². The summed E-state index contributed by atoms with van der Waals surface area (Å²) in [5.41, 5.74) is 5.34. The smallest absolute Gasteiger partial charge is 0.472 e. The Labute approximate surface area is 365 Å². The van der Waals surface area contributed by atoms with Crippen molar-refractivity contribution in [1.82, 2.24) is 0 Å². The number of unbranched alkanes of at least 4 members (excludes halogenated alkanes) is 22. The fraction of sp³-hybridized carbons (Fsp3) is 0.771. The molecule has 0 saturated heterocycles. The molecule has 348 valence electrons. The third-order valence-electron chi connectivity index (χ3n) is 10.0. The molecule has 0 aliphatic carbocycles. The van der Waals surface area contributed by atoms with Crippen molar-refractivity contribution >= 4 is 25.7 Å². The van der Waals surface area contributed by atoms with E-state index in [9.17, 15) is 23.8 Å². The van der Waals surface area contributed by atoms with Gasteiger partial charge in [0, 0.05) is 12.8 Å². The van der Waals surface area contributed by atoms with E-state index in [2.05, 4.69) is 60.9 Å². The van der Waals surface area contributed by atoms with Crippen LogP contribution in [0.3, 0.4) is 0 Å². The maximum absolute atomic E-state index is 12.7. The lowest BCUT2D eigenvalue weighted by molar-refractivity contribution is -0.161. The highest BCUT2D eigenvalue weighted by Gasteiger charge is 2.28. The number of aliphatic carboxylic acids is 1. The SMILES string of the molecule is CCCCC/C=C/C/C=C/CCCCCCCCCCCC(=O)O[C@H](COC(=O)CCC/C=C/C/C=C/CCCCCCCCCCC)COP(=O)(O)OC[C@H](N)C(=O)O. The largest absolute Gasteiger partial charge is 0.480 e. The lowest BCUT2D eigenvalue weighted by Gasteiger charge is -2.20. The Balaban J connectivity index is 4.37. The topological polar surface area (TPSA) is 172 Å². The number of carboxylic acids is 1. The Morgan fingerprint density at radius 2 is 0.900 bits per heavy atom. The van der Waals surface area contributed by atoms with Crippen LogP contribution < -0.4 is 5.73 Å². The van der Waals surface area contributed by atoms with Gasteiger partial charge in [0.2, 0.25) is 0 Å². The standard InChI is InChI=1S/C48H86NO10P/c1-3-5-7-9-11-13-15-17-19-21-22-24-26-28-30-32-34-36-38-40-47(51)59-44(42-57-60(54,55)58-43-45(49)48(52)53)41-56-46(50)39-37-35-33-31-29-27-25-23-20-18-16-14-12-10-8-6-4-2/h11,13,17,19,25,27,31,33,44-45H,3-10,12,14-16,18,20-24,26,28-30,32,34-43,49H2,1-2H3,(H,52,53)(H,54,55)/b13-11+,19-17+,27-25+,33-31+/t44-,45+/m1/s1. The molecule has 0 aromatic rings. The number of phosphoric ester groups is 1. The summed E-state index contributed by atoms with van der Waals surface area (Å²) < 4.78 is 32.7. The highest BCUT2D eigenvalue weighted by molar-refractivity contribution is 7.47. The number of ether oxygens (including phenoxy) is 2. The van der Waals surface area contributed by atoms with Gasteiger partial charge in [-0.25, -0.2) is 4.57 Å². The van der Waals surface area contributed by atoms with E-state index in [0.29, 0.717) is 19.3 Å². The number of esters is 2. The van der Waals surface area contributed by atoms with E-state index in [1.807, 2.05) is 6.08 Å². The van der Waals surface area contributed by atoms with Crippen molar-refractivity contribution < 1.29 is 47.5 Å². The fourth-order valence-corrected chi connectivity index (χ4v) is 7.09. The average molecular weight is 868 g/mol. The first-order chi connectivity index (χ1) is 29.1. The Kier molecular flexibility index (Phi) is 41.3. The number of carbonyl (C=O) groups is 3. The molecule has 0 saturated carbocycles. The molecule has 0 bridgehead atoms. The molecule has 1 unspecified atom stereocenters. The third kappa shape index (κ3) is 42.1. The number of phosphoric acid groups is 1. The van der Waals surface area contributed by atoms with Crippen LogP contribution in [0, 0.1) is 0 Å². The Morgan fingerprint density at radius 3 is 1.38 bits per heavy atom.